The summed E-state index contributed by atoms with van der Waals surface area (Å²) in [4.78, 5) is 4.35. The van der Waals surface area contributed by atoms with Crippen LogP contribution in [0.15, 0.2) is 12.1 Å². The third-order valence-electron chi connectivity index (χ3n) is 3.48. The molecule has 0 aromatic carbocycles. The number of aryl methyl sites for hydroxylation is 1. The van der Waals surface area contributed by atoms with Crippen LogP contribution in [0.1, 0.15) is 37.6 Å². The highest BCUT2D eigenvalue weighted by Gasteiger charge is 2.22. The minimum Gasteiger partial charge on any atom is -0.506 e. The fourth-order valence-electron chi connectivity index (χ4n) is 2.41. The highest BCUT2D eigenvalue weighted by molar-refractivity contribution is 5.27. The lowest BCUT2D eigenvalue weighted by Gasteiger charge is -2.17. The zero-order valence-corrected chi connectivity index (χ0v) is 10.0. The van der Waals surface area contributed by atoms with Crippen LogP contribution in [0.4, 0.5) is 0 Å². The predicted molar refractivity (Wildman–Crippen MR) is 64.3 cm³/mol. The number of rotatable bonds is 3. The van der Waals surface area contributed by atoms with Gasteiger partial charge < -0.3 is 10.4 Å². The molecule has 0 radical (unpaired) electrons. The van der Waals surface area contributed by atoms with Gasteiger partial charge in [0.25, 0.3) is 0 Å². The molecule has 1 saturated carbocycles. The van der Waals surface area contributed by atoms with E-state index in [2.05, 4.69) is 17.2 Å². The normalized spacial score (nSPS) is 24.9. The fraction of sp³-hybridized carbons (Fsp3) is 0.615. The van der Waals surface area contributed by atoms with Crippen molar-refractivity contribution in [3.8, 4) is 5.75 Å². The molecule has 0 amide bonds. The van der Waals surface area contributed by atoms with E-state index in [1.54, 1.807) is 6.07 Å². The molecule has 2 unspecified atom stereocenters. The molecular weight excluding hydrogens is 200 g/mol. The minimum absolute atomic E-state index is 0.295. The maximum atomic E-state index is 9.67. The summed E-state index contributed by atoms with van der Waals surface area (Å²) in [6.45, 7) is 4.90. The molecule has 3 heteroatoms. The Kier molecular flexibility index (Phi) is 3.44. The molecule has 1 aromatic heterocycles. The Hall–Kier alpha value is -1.09. The molecule has 0 saturated heterocycles. The average Bonchev–Trinajstić information content (AvgIpc) is 2.66. The first-order valence-electron chi connectivity index (χ1n) is 6.05. The molecule has 1 aliphatic carbocycles. The third-order valence-corrected chi connectivity index (χ3v) is 3.48. The molecule has 16 heavy (non-hydrogen) atoms. The second-order valence-electron chi connectivity index (χ2n) is 4.81. The Balaban J connectivity index is 1.96. The lowest BCUT2D eigenvalue weighted by Crippen LogP contribution is -2.30. The molecule has 2 rings (SSSR count). The van der Waals surface area contributed by atoms with Crippen molar-refractivity contribution in [2.75, 3.05) is 0 Å². The highest BCUT2D eigenvalue weighted by Crippen LogP contribution is 2.25. The van der Waals surface area contributed by atoms with Crippen molar-refractivity contribution >= 4 is 0 Å². The fourth-order valence-corrected chi connectivity index (χ4v) is 2.41. The maximum absolute atomic E-state index is 9.67. The quantitative estimate of drug-likeness (QED) is 0.822. The van der Waals surface area contributed by atoms with Crippen LogP contribution in [-0.4, -0.2) is 16.1 Å². The zero-order valence-electron chi connectivity index (χ0n) is 10.0. The van der Waals surface area contributed by atoms with E-state index in [1.807, 2.05) is 13.0 Å². The number of aromatic hydroxyl groups is 1. The van der Waals surface area contributed by atoms with Crippen LogP contribution >= 0.6 is 0 Å². The molecule has 1 aromatic rings. The van der Waals surface area contributed by atoms with Gasteiger partial charge in [-0.2, -0.15) is 0 Å². The first-order chi connectivity index (χ1) is 7.66. The Bertz CT molecular complexity index is 365. The van der Waals surface area contributed by atoms with Gasteiger partial charge in [0.2, 0.25) is 0 Å². The van der Waals surface area contributed by atoms with Crippen LogP contribution < -0.4 is 5.32 Å². The maximum Gasteiger partial charge on any atom is 0.138 e. The standard InChI is InChI=1S/C13H20N2O/c1-9-4-3-5-11(9)14-8-12-13(16)7-6-10(2)15-12/h6-7,9,11,14,16H,3-5,8H2,1-2H3. The molecule has 0 spiro atoms. The summed E-state index contributed by atoms with van der Waals surface area (Å²) in [6, 6.07) is 4.13. The molecule has 0 bridgehead atoms. The predicted octanol–water partition coefficient (Wildman–Crippen LogP) is 2.37. The molecule has 2 atom stereocenters. The molecule has 1 heterocycles. The van der Waals surface area contributed by atoms with E-state index < -0.39 is 0 Å². The summed E-state index contributed by atoms with van der Waals surface area (Å²) in [5, 5.41) is 13.2. The Morgan fingerprint density at radius 2 is 2.25 bits per heavy atom. The van der Waals surface area contributed by atoms with Gasteiger partial charge in [-0.05, 0) is 37.8 Å². The number of aromatic nitrogens is 1. The van der Waals surface area contributed by atoms with Crippen LogP contribution in [-0.2, 0) is 6.54 Å². The topological polar surface area (TPSA) is 45.1 Å². The Morgan fingerprint density at radius 1 is 1.44 bits per heavy atom. The van der Waals surface area contributed by atoms with Gasteiger partial charge in [-0.3, -0.25) is 4.98 Å². The smallest absolute Gasteiger partial charge is 0.138 e. The zero-order chi connectivity index (χ0) is 11.5. The molecule has 88 valence electrons. The van der Waals surface area contributed by atoms with Crippen molar-refractivity contribution < 1.29 is 5.11 Å². The van der Waals surface area contributed by atoms with E-state index in [9.17, 15) is 5.11 Å². The molecule has 1 fully saturated rings. The minimum atomic E-state index is 0.295. The van der Waals surface area contributed by atoms with Gasteiger partial charge in [-0.1, -0.05) is 13.3 Å². The average molecular weight is 220 g/mol. The SMILES string of the molecule is Cc1ccc(O)c(CNC2CCCC2C)n1. The highest BCUT2D eigenvalue weighted by atomic mass is 16.3. The Labute approximate surface area is 96.9 Å². The van der Waals surface area contributed by atoms with Crippen LogP contribution in [0.5, 0.6) is 5.75 Å². The van der Waals surface area contributed by atoms with Crippen LogP contribution in [0.3, 0.4) is 0 Å². The summed E-state index contributed by atoms with van der Waals surface area (Å²) in [7, 11) is 0. The van der Waals surface area contributed by atoms with E-state index in [-0.39, 0.29) is 0 Å². The second-order valence-corrected chi connectivity index (χ2v) is 4.81. The van der Waals surface area contributed by atoms with Crippen LogP contribution in [0, 0.1) is 12.8 Å². The molecular formula is C13H20N2O. The van der Waals surface area contributed by atoms with Gasteiger partial charge in [0.05, 0.1) is 5.69 Å². The van der Waals surface area contributed by atoms with Gasteiger partial charge in [0.1, 0.15) is 5.75 Å². The number of hydrogen-bond donors (Lipinski definition) is 2. The number of nitrogens with zero attached hydrogens (tertiary/aromatic N) is 1. The Morgan fingerprint density at radius 3 is 2.94 bits per heavy atom. The summed E-state index contributed by atoms with van der Waals surface area (Å²) >= 11 is 0. The van der Waals surface area contributed by atoms with E-state index in [4.69, 9.17) is 0 Å². The van der Waals surface area contributed by atoms with Gasteiger partial charge in [-0.25, -0.2) is 0 Å². The van der Waals surface area contributed by atoms with E-state index in [0.717, 1.165) is 17.3 Å². The summed E-state index contributed by atoms with van der Waals surface area (Å²) in [5.74, 6) is 1.04. The molecule has 3 nitrogen and oxygen atoms in total. The van der Waals surface area contributed by atoms with Crippen molar-refractivity contribution in [2.24, 2.45) is 5.92 Å². The van der Waals surface area contributed by atoms with Crippen LogP contribution in [0.25, 0.3) is 0 Å². The van der Waals surface area contributed by atoms with Crippen molar-refractivity contribution in [3.63, 3.8) is 0 Å². The number of pyridine rings is 1. The van der Waals surface area contributed by atoms with Crippen molar-refractivity contribution in [3.05, 3.63) is 23.5 Å². The summed E-state index contributed by atoms with van der Waals surface area (Å²) < 4.78 is 0. The largest absolute Gasteiger partial charge is 0.506 e. The lowest BCUT2D eigenvalue weighted by atomic mass is 10.1. The summed E-state index contributed by atoms with van der Waals surface area (Å²) in [6.07, 6.45) is 3.87. The van der Waals surface area contributed by atoms with Gasteiger partial charge in [-0.15, -0.1) is 0 Å². The molecule has 1 aliphatic rings. The van der Waals surface area contributed by atoms with E-state index in [0.29, 0.717) is 18.3 Å². The monoisotopic (exact) mass is 220 g/mol. The molecule has 0 aliphatic heterocycles. The molecule has 2 N–H and O–H groups in total. The van der Waals surface area contributed by atoms with Gasteiger partial charge >= 0.3 is 0 Å². The lowest BCUT2D eigenvalue weighted by molar-refractivity contribution is 0.411. The second kappa shape index (κ2) is 4.83. The number of nitrogens with one attached hydrogen (secondary N) is 1. The number of hydrogen-bond acceptors (Lipinski definition) is 3. The summed E-state index contributed by atoms with van der Waals surface area (Å²) in [5.41, 5.74) is 1.72. The van der Waals surface area contributed by atoms with Gasteiger partial charge in [0, 0.05) is 18.3 Å². The van der Waals surface area contributed by atoms with Crippen molar-refractivity contribution in [1.29, 1.82) is 0 Å². The van der Waals surface area contributed by atoms with Crippen LogP contribution in [0.2, 0.25) is 0 Å². The first-order valence-corrected chi connectivity index (χ1v) is 6.05. The first kappa shape index (κ1) is 11.4. The van der Waals surface area contributed by atoms with E-state index >= 15 is 0 Å². The van der Waals surface area contributed by atoms with Gasteiger partial charge in [0.15, 0.2) is 0 Å². The van der Waals surface area contributed by atoms with E-state index in [1.165, 1.54) is 19.3 Å². The third kappa shape index (κ3) is 2.53. The van der Waals surface area contributed by atoms with Crippen molar-refractivity contribution in [2.45, 2.75) is 45.7 Å². The van der Waals surface area contributed by atoms with Crippen molar-refractivity contribution in [1.82, 2.24) is 10.3 Å².